The van der Waals surface area contributed by atoms with Gasteiger partial charge >= 0.3 is 0 Å². The molecule has 0 aliphatic carbocycles. The molecule has 0 saturated carbocycles. The standard InChI is InChI=1S/C9H19N3O/c1-3-4-12-5-6-13-8(7-12)9(10)11-2/h8H,3-7H2,1-2H3,(H2,10,11). The van der Waals surface area contributed by atoms with Gasteiger partial charge in [-0.25, -0.2) is 0 Å². The second-order valence-electron chi connectivity index (χ2n) is 3.31. The summed E-state index contributed by atoms with van der Waals surface area (Å²) < 4.78 is 5.51. The number of hydrogen-bond acceptors (Lipinski definition) is 3. The van der Waals surface area contributed by atoms with E-state index in [-0.39, 0.29) is 6.10 Å². The molecule has 4 nitrogen and oxygen atoms in total. The van der Waals surface area contributed by atoms with Crippen molar-refractivity contribution < 1.29 is 4.74 Å². The highest BCUT2D eigenvalue weighted by atomic mass is 16.5. The molecule has 1 fully saturated rings. The quantitative estimate of drug-likeness (QED) is 0.500. The van der Waals surface area contributed by atoms with Crippen molar-refractivity contribution in [1.29, 1.82) is 0 Å². The van der Waals surface area contributed by atoms with Gasteiger partial charge in [0.15, 0.2) is 0 Å². The summed E-state index contributed by atoms with van der Waals surface area (Å²) in [6.45, 7) is 5.97. The molecule has 1 saturated heterocycles. The average Bonchev–Trinajstić information content (AvgIpc) is 2.18. The number of nitrogens with zero attached hydrogens (tertiary/aromatic N) is 2. The number of nitrogens with two attached hydrogens (primary N) is 1. The minimum Gasteiger partial charge on any atom is -0.385 e. The van der Waals surface area contributed by atoms with Crippen molar-refractivity contribution in [3.8, 4) is 0 Å². The van der Waals surface area contributed by atoms with Crippen molar-refractivity contribution in [2.75, 3.05) is 33.3 Å². The molecule has 4 heteroatoms. The minimum atomic E-state index is 0.00491. The van der Waals surface area contributed by atoms with Crippen LogP contribution in [0.4, 0.5) is 0 Å². The fourth-order valence-electron chi connectivity index (χ4n) is 1.54. The van der Waals surface area contributed by atoms with E-state index in [1.165, 1.54) is 6.42 Å². The van der Waals surface area contributed by atoms with Crippen molar-refractivity contribution in [1.82, 2.24) is 4.90 Å². The highest BCUT2D eigenvalue weighted by Gasteiger charge is 2.22. The van der Waals surface area contributed by atoms with Crippen LogP contribution < -0.4 is 5.73 Å². The maximum absolute atomic E-state index is 5.70. The number of morpholine rings is 1. The molecule has 1 unspecified atom stereocenters. The first-order valence-corrected chi connectivity index (χ1v) is 4.84. The van der Waals surface area contributed by atoms with Crippen LogP contribution in [0.3, 0.4) is 0 Å². The largest absolute Gasteiger partial charge is 0.385 e. The minimum absolute atomic E-state index is 0.00491. The molecule has 1 atom stereocenters. The number of amidine groups is 1. The first kappa shape index (κ1) is 10.5. The first-order chi connectivity index (χ1) is 6.27. The third kappa shape index (κ3) is 2.97. The maximum atomic E-state index is 5.70. The maximum Gasteiger partial charge on any atom is 0.127 e. The van der Waals surface area contributed by atoms with Crippen LogP contribution in [0.1, 0.15) is 13.3 Å². The average molecular weight is 185 g/mol. The van der Waals surface area contributed by atoms with Crippen LogP contribution in [-0.4, -0.2) is 50.1 Å². The molecule has 0 bridgehead atoms. The third-order valence-corrected chi connectivity index (χ3v) is 2.28. The molecule has 13 heavy (non-hydrogen) atoms. The highest BCUT2D eigenvalue weighted by Crippen LogP contribution is 2.05. The van der Waals surface area contributed by atoms with Crippen molar-refractivity contribution in [3.63, 3.8) is 0 Å². The summed E-state index contributed by atoms with van der Waals surface area (Å²) in [5.74, 6) is 0.612. The lowest BCUT2D eigenvalue weighted by Gasteiger charge is -2.32. The van der Waals surface area contributed by atoms with Crippen molar-refractivity contribution in [2.45, 2.75) is 19.4 Å². The molecule has 0 aromatic carbocycles. The van der Waals surface area contributed by atoms with Gasteiger partial charge in [-0.3, -0.25) is 9.89 Å². The van der Waals surface area contributed by atoms with Gasteiger partial charge in [-0.1, -0.05) is 6.92 Å². The first-order valence-electron chi connectivity index (χ1n) is 4.84. The van der Waals surface area contributed by atoms with E-state index in [1.54, 1.807) is 7.05 Å². The zero-order chi connectivity index (χ0) is 9.68. The van der Waals surface area contributed by atoms with E-state index >= 15 is 0 Å². The molecule has 1 aliphatic heterocycles. The number of ether oxygens (including phenoxy) is 1. The van der Waals surface area contributed by atoms with Crippen LogP contribution in [0, 0.1) is 0 Å². The van der Waals surface area contributed by atoms with Gasteiger partial charge < -0.3 is 10.5 Å². The van der Waals surface area contributed by atoms with E-state index in [2.05, 4.69) is 16.8 Å². The summed E-state index contributed by atoms with van der Waals surface area (Å²) >= 11 is 0. The van der Waals surface area contributed by atoms with E-state index in [9.17, 15) is 0 Å². The fourth-order valence-corrected chi connectivity index (χ4v) is 1.54. The van der Waals surface area contributed by atoms with E-state index < -0.39 is 0 Å². The Hall–Kier alpha value is -0.610. The van der Waals surface area contributed by atoms with Gasteiger partial charge in [0.05, 0.1) is 6.61 Å². The third-order valence-electron chi connectivity index (χ3n) is 2.28. The molecule has 0 spiro atoms. The highest BCUT2D eigenvalue weighted by molar-refractivity contribution is 5.85. The Bertz CT molecular complexity index is 180. The van der Waals surface area contributed by atoms with Crippen molar-refractivity contribution >= 4 is 5.84 Å². The van der Waals surface area contributed by atoms with E-state index in [0.717, 1.165) is 26.2 Å². The van der Waals surface area contributed by atoms with E-state index in [4.69, 9.17) is 10.5 Å². The van der Waals surface area contributed by atoms with Crippen LogP contribution in [0.15, 0.2) is 4.99 Å². The second kappa shape index (κ2) is 5.19. The van der Waals surface area contributed by atoms with Crippen LogP contribution in [-0.2, 0) is 4.74 Å². The summed E-state index contributed by atoms with van der Waals surface area (Å²) in [7, 11) is 1.71. The predicted molar refractivity (Wildman–Crippen MR) is 54.0 cm³/mol. The zero-order valence-corrected chi connectivity index (χ0v) is 8.49. The summed E-state index contributed by atoms with van der Waals surface area (Å²) in [6, 6.07) is 0. The topological polar surface area (TPSA) is 50.9 Å². The summed E-state index contributed by atoms with van der Waals surface area (Å²) in [5, 5.41) is 0. The van der Waals surface area contributed by atoms with E-state index in [1.807, 2.05) is 0 Å². The van der Waals surface area contributed by atoms with Gasteiger partial charge in [0.25, 0.3) is 0 Å². The number of rotatable bonds is 3. The zero-order valence-electron chi connectivity index (χ0n) is 8.49. The Labute approximate surface area is 79.8 Å². The second-order valence-corrected chi connectivity index (χ2v) is 3.31. The van der Waals surface area contributed by atoms with Crippen molar-refractivity contribution in [2.24, 2.45) is 10.7 Å². The molecule has 76 valence electrons. The van der Waals surface area contributed by atoms with Crippen LogP contribution >= 0.6 is 0 Å². The summed E-state index contributed by atoms with van der Waals surface area (Å²) in [6.07, 6.45) is 1.18. The molecule has 0 aromatic rings. The molecule has 0 radical (unpaired) electrons. The smallest absolute Gasteiger partial charge is 0.127 e. The molecular weight excluding hydrogens is 166 g/mol. The molecule has 0 aromatic heterocycles. The van der Waals surface area contributed by atoms with Crippen molar-refractivity contribution in [3.05, 3.63) is 0 Å². The Balaban J connectivity index is 2.41. The van der Waals surface area contributed by atoms with Gasteiger partial charge in [0.2, 0.25) is 0 Å². The molecule has 0 amide bonds. The number of hydrogen-bond donors (Lipinski definition) is 1. The lowest BCUT2D eigenvalue weighted by atomic mass is 10.2. The Kier molecular flexibility index (Phi) is 4.18. The predicted octanol–water partition coefficient (Wildman–Crippen LogP) is 0.0842. The lowest BCUT2D eigenvalue weighted by Crippen LogP contribution is -2.48. The molecular formula is C9H19N3O. The normalized spacial score (nSPS) is 26.3. The monoisotopic (exact) mass is 185 g/mol. The lowest BCUT2D eigenvalue weighted by molar-refractivity contribution is 0.00612. The SMILES string of the molecule is CCCN1CCOC(C(N)=NC)C1. The Morgan fingerprint density at radius 2 is 2.46 bits per heavy atom. The Morgan fingerprint density at radius 1 is 1.69 bits per heavy atom. The van der Waals surface area contributed by atoms with Gasteiger partial charge in [0, 0.05) is 20.1 Å². The van der Waals surface area contributed by atoms with Gasteiger partial charge in [-0.05, 0) is 13.0 Å². The summed E-state index contributed by atoms with van der Waals surface area (Å²) in [5.41, 5.74) is 5.70. The summed E-state index contributed by atoms with van der Waals surface area (Å²) in [4.78, 5) is 6.32. The molecule has 1 aliphatic rings. The van der Waals surface area contributed by atoms with Gasteiger partial charge in [-0.15, -0.1) is 0 Å². The number of aliphatic imine (C=N–C) groups is 1. The Morgan fingerprint density at radius 3 is 3.08 bits per heavy atom. The van der Waals surface area contributed by atoms with E-state index in [0.29, 0.717) is 5.84 Å². The van der Waals surface area contributed by atoms with Crippen LogP contribution in [0.25, 0.3) is 0 Å². The fraction of sp³-hybridized carbons (Fsp3) is 0.889. The van der Waals surface area contributed by atoms with Gasteiger partial charge in [0.1, 0.15) is 11.9 Å². The molecule has 2 N–H and O–H groups in total. The van der Waals surface area contributed by atoms with Crippen LogP contribution in [0.5, 0.6) is 0 Å². The molecule has 1 rings (SSSR count). The van der Waals surface area contributed by atoms with Crippen LogP contribution in [0.2, 0.25) is 0 Å². The van der Waals surface area contributed by atoms with Gasteiger partial charge in [-0.2, -0.15) is 0 Å². The molecule has 1 heterocycles.